The Kier molecular flexibility index (Phi) is 4.21. The molecule has 1 fully saturated rings. The number of anilines is 1. The molecule has 0 atom stereocenters. The number of hydrogen-bond donors (Lipinski definition) is 1. The van der Waals surface area contributed by atoms with Crippen LogP contribution in [0.2, 0.25) is 0 Å². The quantitative estimate of drug-likeness (QED) is 0.643. The van der Waals surface area contributed by atoms with Crippen molar-refractivity contribution in [3.63, 3.8) is 0 Å². The predicted octanol–water partition coefficient (Wildman–Crippen LogP) is 0.657. The molecule has 0 bridgehead atoms. The summed E-state index contributed by atoms with van der Waals surface area (Å²) in [7, 11) is -3.47. The van der Waals surface area contributed by atoms with Crippen molar-refractivity contribution in [2.24, 2.45) is 0 Å². The molecule has 1 saturated heterocycles. The molecule has 20 heavy (non-hydrogen) atoms. The fourth-order valence-corrected chi connectivity index (χ4v) is 2.47. The molecular formula is C11H15N3O5S. The van der Waals surface area contributed by atoms with Crippen molar-refractivity contribution in [1.82, 2.24) is 5.01 Å². The molecule has 0 saturated carbocycles. The lowest BCUT2D eigenvalue weighted by molar-refractivity contribution is -0.384. The second-order valence-corrected chi connectivity index (χ2v) is 6.44. The molecule has 0 unspecified atom stereocenters. The number of nitro benzene ring substituents is 1. The van der Waals surface area contributed by atoms with Crippen LogP contribution >= 0.6 is 0 Å². The van der Waals surface area contributed by atoms with Gasteiger partial charge < -0.3 is 10.2 Å². The number of rotatable bonds is 4. The Morgan fingerprint density at radius 3 is 2.55 bits per heavy atom. The Morgan fingerprint density at radius 1 is 1.35 bits per heavy atom. The van der Waals surface area contributed by atoms with Gasteiger partial charge in [0.2, 0.25) is 0 Å². The average Bonchev–Trinajstić information content (AvgIpc) is 2.38. The fraction of sp³-hybridized carbons (Fsp3) is 0.455. The van der Waals surface area contributed by atoms with Gasteiger partial charge in [0.05, 0.1) is 23.0 Å². The summed E-state index contributed by atoms with van der Waals surface area (Å²) in [5.41, 5.74) is 2.93. The predicted molar refractivity (Wildman–Crippen MR) is 72.2 cm³/mol. The van der Waals surface area contributed by atoms with Gasteiger partial charge in [0, 0.05) is 25.4 Å². The van der Waals surface area contributed by atoms with Crippen LogP contribution in [0.1, 0.15) is 0 Å². The van der Waals surface area contributed by atoms with Gasteiger partial charge in [-0.2, -0.15) is 0 Å². The van der Waals surface area contributed by atoms with Gasteiger partial charge >= 0.3 is 0 Å². The first kappa shape index (κ1) is 14.7. The van der Waals surface area contributed by atoms with Crippen molar-refractivity contribution < 1.29 is 18.1 Å². The Hall–Kier alpha value is -1.71. The summed E-state index contributed by atoms with van der Waals surface area (Å²) in [6, 6.07) is 3.83. The second kappa shape index (κ2) is 5.73. The Balaban J connectivity index is 2.30. The topological polar surface area (TPSA) is 102 Å². The first-order valence-electron chi connectivity index (χ1n) is 5.96. The third-order valence-corrected chi connectivity index (χ3v) is 3.99. The number of nitrogens with one attached hydrogen (secondary N) is 1. The zero-order valence-corrected chi connectivity index (χ0v) is 11.7. The van der Waals surface area contributed by atoms with Crippen LogP contribution in [0.5, 0.6) is 0 Å². The first-order valence-corrected chi connectivity index (χ1v) is 7.85. The number of nitrogens with zero attached hydrogens (tertiary/aromatic N) is 2. The van der Waals surface area contributed by atoms with Crippen LogP contribution in [-0.4, -0.2) is 50.9 Å². The van der Waals surface area contributed by atoms with Gasteiger partial charge in [0.1, 0.15) is 5.69 Å². The van der Waals surface area contributed by atoms with Crippen LogP contribution in [-0.2, 0) is 14.6 Å². The van der Waals surface area contributed by atoms with Crippen molar-refractivity contribution in [2.75, 3.05) is 38.0 Å². The van der Waals surface area contributed by atoms with Crippen molar-refractivity contribution in [3.8, 4) is 0 Å². The minimum absolute atomic E-state index is 0.0725. The maximum absolute atomic E-state index is 11.4. The monoisotopic (exact) mass is 301 g/mol. The van der Waals surface area contributed by atoms with Crippen LogP contribution in [0.25, 0.3) is 0 Å². The molecule has 0 amide bonds. The normalized spacial score (nSPS) is 16.9. The highest BCUT2D eigenvalue weighted by Crippen LogP contribution is 2.28. The number of ether oxygens (including phenoxy) is 1. The Labute approximate surface area is 116 Å². The number of nitro groups is 1. The maximum Gasteiger partial charge on any atom is 0.294 e. The molecule has 0 spiro atoms. The Bertz CT molecular complexity index is 610. The van der Waals surface area contributed by atoms with E-state index in [1.54, 1.807) is 5.01 Å². The van der Waals surface area contributed by atoms with E-state index in [0.29, 0.717) is 26.3 Å². The highest BCUT2D eigenvalue weighted by atomic mass is 32.2. The van der Waals surface area contributed by atoms with Crippen molar-refractivity contribution >= 4 is 21.2 Å². The second-order valence-electron chi connectivity index (χ2n) is 4.42. The third kappa shape index (κ3) is 3.44. The summed E-state index contributed by atoms with van der Waals surface area (Å²) in [4.78, 5) is 10.4. The molecule has 110 valence electrons. The lowest BCUT2D eigenvalue weighted by atomic mass is 10.3. The van der Waals surface area contributed by atoms with E-state index in [0.717, 1.165) is 12.3 Å². The molecule has 0 radical (unpaired) electrons. The van der Waals surface area contributed by atoms with Crippen molar-refractivity contribution in [3.05, 3.63) is 28.3 Å². The van der Waals surface area contributed by atoms with E-state index in [4.69, 9.17) is 4.74 Å². The lowest BCUT2D eigenvalue weighted by Crippen LogP contribution is -2.40. The summed E-state index contributed by atoms with van der Waals surface area (Å²) in [6.07, 6.45) is 1.02. The molecule has 1 aliphatic heterocycles. The van der Waals surface area contributed by atoms with Crippen LogP contribution in [0.4, 0.5) is 11.4 Å². The van der Waals surface area contributed by atoms with E-state index in [-0.39, 0.29) is 16.3 Å². The van der Waals surface area contributed by atoms with E-state index in [9.17, 15) is 18.5 Å². The SMILES string of the molecule is CS(=O)(=O)c1ccc(NN2CCOCC2)c([N+](=O)[O-])c1. The molecule has 0 aromatic heterocycles. The smallest absolute Gasteiger partial charge is 0.294 e. The average molecular weight is 301 g/mol. The third-order valence-electron chi connectivity index (χ3n) is 2.88. The zero-order valence-electron chi connectivity index (χ0n) is 10.9. The number of hydrazine groups is 1. The number of hydrogen-bond acceptors (Lipinski definition) is 7. The van der Waals surface area contributed by atoms with E-state index in [2.05, 4.69) is 5.43 Å². The van der Waals surface area contributed by atoms with Crippen LogP contribution < -0.4 is 5.43 Å². The van der Waals surface area contributed by atoms with E-state index >= 15 is 0 Å². The lowest BCUT2D eigenvalue weighted by Gasteiger charge is -2.27. The van der Waals surface area contributed by atoms with Crippen molar-refractivity contribution in [2.45, 2.75) is 4.90 Å². The van der Waals surface area contributed by atoms with Gasteiger partial charge in [-0.25, -0.2) is 13.4 Å². The summed E-state index contributed by atoms with van der Waals surface area (Å²) in [5, 5.41) is 12.9. The Morgan fingerprint density at radius 2 is 2.00 bits per heavy atom. The van der Waals surface area contributed by atoms with Gasteiger partial charge in [-0.1, -0.05) is 0 Å². The summed E-state index contributed by atoms with van der Waals surface area (Å²) >= 11 is 0. The van der Waals surface area contributed by atoms with Gasteiger partial charge in [-0.15, -0.1) is 0 Å². The molecule has 1 aliphatic rings. The highest BCUT2D eigenvalue weighted by molar-refractivity contribution is 7.90. The van der Waals surface area contributed by atoms with Gasteiger partial charge in [-0.3, -0.25) is 10.1 Å². The molecule has 8 nitrogen and oxygen atoms in total. The van der Waals surface area contributed by atoms with E-state index < -0.39 is 14.8 Å². The van der Waals surface area contributed by atoms with Gasteiger partial charge in [0.15, 0.2) is 9.84 Å². The number of morpholine rings is 1. The minimum Gasteiger partial charge on any atom is -0.379 e. The van der Waals surface area contributed by atoms with Crippen LogP contribution in [0.15, 0.2) is 23.1 Å². The first-order chi connectivity index (χ1) is 9.38. The molecule has 9 heteroatoms. The molecule has 1 aromatic carbocycles. The minimum atomic E-state index is -3.47. The molecule has 0 aliphatic carbocycles. The highest BCUT2D eigenvalue weighted by Gasteiger charge is 2.20. The molecule has 1 heterocycles. The molecule has 1 N–H and O–H groups in total. The largest absolute Gasteiger partial charge is 0.379 e. The fourth-order valence-electron chi connectivity index (χ4n) is 1.83. The summed E-state index contributed by atoms with van der Waals surface area (Å²) in [5.74, 6) is 0. The van der Waals surface area contributed by atoms with Gasteiger partial charge in [-0.05, 0) is 12.1 Å². The van der Waals surface area contributed by atoms with E-state index in [1.807, 2.05) is 0 Å². The zero-order chi connectivity index (χ0) is 14.8. The van der Waals surface area contributed by atoms with Crippen molar-refractivity contribution in [1.29, 1.82) is 0 Å². The number of sulfone groups is 1. The van der Waals surface area contributed by atoms with Gasteiger partial charge in [0.25, 0.3) is 5.69 Å². The molecule has 1 aromatic rings. The molecule has 2 rings (SSSR count). The van der Waals surface area contributed by atoms with Crippen LogP contribution in [0.3, 0.4) is 0 Å². The summed E-state index contributed by atoms with van der Waals surface area (Å²) in [6.45, 7) is 2.29. The summed E-state index contributed by atoms with van der Waals surface area (Å²) < 4.78 is 28.1. The van der Waals surface area contributed by atoms with Crippen LogP contribution in [0, 0.1) is 10.1 Å². The maximum atomic E-state index is 11.4. The number of benzene rings is 1. The van der Waals surface area contributed by atoms with E-state index in [1.165, 1.54) is 12.1 Å². The molecular weight excluding hydrogens is 286 g/mol. The standard InChI is InChI=1S/C11H15N3O5S/c1-20(17,18)9-2-3-10(11(8-9)14(15)16)12-13-4-6-19-7-5-13/h2-3,8,12H,4-7H2,1H3.